The van der Waals surface area contributed by atoms with E-state index in [1.54, 1.807) is 20.8 Å². The highest BCUT2D eigenvalue weighted by atomic mass is 16.6. The van der Waals surface area contributed by atoms with Crippen LogP contribution in [0.4, 0.5) is 4.79 Å². The van der Waals surface area contributed by atoms with Gasteiger partial charge in [-0.3, -0.25) is 4.79 Å². The van der Waals surface area contributed by atoms with Crippen molar-refractivity contribution in [2.75, 3.05) is 20.3 Å². The molecular weight excluding hydrogens is 252 g/mol. The molecule has 2 atom stereocenters. The van der Waals surface area contributed by atoms with Gasteiger partial charge < -0.3 is 25.3 Å². The van der Waals surface area contributed by atoms with Crippen LogP contribution in [0.25, 0.3) is 0 Å². The smallest absolute Gasteiger partial charge is 0.408 e. The van der Waals surface area contributed by atoms with Gasteiger partial charge in [0.1, 0.15) is 11.6 Å². The number of nitrogens with two attached hydrogens (primary N) is 1. The first-order valence-corrected chi connectivity index (χ1v) is 6.12. The van der Waals surface area contributed by atoms with E-state index in [-0.39, 0.29) is 6.61 Å². The molecule has 1 aliphatic heterocycles. The van der Waals surface area contributed by atoms with Crippen LogP contribution in [0, 0.1) is 0 Å². The molecule has 1 heterocycles. The van der Waals surface area contributed by atoms with Gasteiger partial charge in [0.05, 0.1) is 19.3 Å². The third-order valence-corrected chi connectivity index (χ3v) is 2.85. The molecule has 1 amide bonds. The summed E-state index contributed by atoms with van der Waals surface area (Å²) in [4.78, 5) is 23.4. The quantitative estimate of drug-likeness (QED) is 0.712. The molecule has 2 unspecified atom stereocenters. The van der Waals surface area contributed by atoms with Crippen molar-refractivity contribution in [3.8, 4) is 0 Å². The van der Waals surface area contributed by atoms with E-state index in [9.17, 15) is 9.59 Å². The summed E-state index contributed by atoms with van der Waals surface area (Å²) >= 11 is 0. The molecule has 1 fully saturated rings. The lowest BCUT2D eigenvalue weighted by Gasteiger charge is -2.33. The summed E-state index contributed by atoms with van der Waals surface area (Å²) in [5.74, 6) is -0.596. The van der Waals surface area contributed by atoms with E-state index in [1.165, 1.54) is 7.11 Å². The monoisotopic (exact) mass is 274 g/mol. The van der Waals surface area contributed by atoms with Crippen LogP contribution in [0.5, 0.6) is 0 Å². The Bertz CT molecular complexity index is 345. The Balaban J connectivity index is 2.78. The number of nitrogens with one attached hydrogen (secondary N) is 1. The van der Waals surface area contributed by atoms with Crippen molar-refractivity contribution in [3.05, 3.63) is 0 Å². The van der Waals surface area contributed by atoms with Crippen molar-refractivity contribution < 1.29 is 23.8 Å². The van der Waals surface area contributed by atoms with Gasteiger partial charge in [0.25, 0.3) is 0 Å². The Labute approximate surface area is 112 Å². The zero-order valence-electron chi connectivity index (χ0n) is 11.8. The predicted molar refractivity (Wildman–Crippen MR) is 67.5 cm³/mol. The third kappa shape index (κ3) is 4.07. The number of carbonyl (C=O) groups is 2. The van der Waals surface area contributed by atoms with Crippen LogP contribution in [-0.2, 0) is 19.0 Å². The Kier molecular flexibility index (Phi) is 4.75. The minimum Gasteiger partial charge on any atom is -0.468 e. The Hall–Kier alpha value is -1.34. The van der Waals surface area contributed by atoms with Gasteiger partial charge in [0, 0.05) is 6.61 Å². The fourth-order valence-electron chi connectivity index (χ4n) is 1.86. The molecular formula is C12H22N2O5. The zero-order chi connectivity index (χ0) is 14.7. The van der Waals surface area contributed by atoms with Crippen molar-refractivity contribution in [1.82, 2.24) is 5.32 Å². The van der Waals surface area contributed by atoms with Crippen molar-refractivity contribution in [2.24, 2.45) is 5.73 Å². The molecule has 7 heteroatoms. The molecule has 110 valence electrons. The van der Waals surface area contributed by atoms with Gasteiger partial charge in [-0.05, 0) is 27.2 Å². The Morgan fingerprint density at radius 3 is 2.47 bits per heavy atom. The summed E-state index contributed by atoms with van der Waals surface area (Å²) in [5.41, 5.74) is 4.25. The lowest BCUT2D eigenvalue weighted by Crippen LogP contribution is -2.64. The largest absolute Gasteiger partial charge is 0.468 e. The first-order valence-electron chi connectivity index (χ1n) is 6.12. The van der Waals surface area contributed by atoms with Crippen LogP contribution in [-0.4, -0.2) is 49.6 Å². The number of ether oxygens (including phenoxy) is 3. The first kappa shape index (κ1) is 15.7. The number of methoxy groups -OCH3 is 1. The van der Waals surface area contributed by atoms with Crippen LogP contribution < -0.4 is 11.1 Å². The molecule has 0 aromatic rings. The number of alkyl carbamates (subject to hydrolysis) is 1. The summed E-state index contributed by atoms with van der Waals surface area (Å²) in [7, 11) is 1.25. The van der Waals surface area contributed by atoms with E-state index >= 15 is 0 Å². The molecule has 3 N–H and O–H groups in total. The highest BCUT2D eigenvalue weighted by Crippen LogP contribution is 2.23. The van der Waals surface area contributed by atoms with Gasteiger partial charge in [-0.25, -0.2) is 4.79 Å². The number of amides is 1. The normalized spacial score (nSPS) is 24.7. The number of carbonyl (C=O) groups excluding carboxylic acids is 2. The highest BCUT2D eigenvalue weighted by Gasteiger charge is 2.46. The van der Waals surface area contributed by atoms with E-state index in [1.807, 2.05) is 0 Å². The van der Waals surface area contributed by atoms with E-state index < -0.39 is 29.2 Å². The number of esters is 1. The third-order valence-electron chi connectivity index (χ3n) is 2.85. The fraction of sp³-hybridized carbons (Fsp3) is 0.833. The summed E-state index contributed by atoms with van der Waals surface area (Å²) in [5, 5.41) is 2.65. The standard InChI is InChI=1S/C12H22N2O5/c1-11(2,3)19-10(16)14-12(5-6-18-7-12)8(13)9(15)17-4/h8H,5-7,13H2,1-4H3,(H,14,16). The number of hydrogen-bond donors (Lipinski definition) is 2. The first-order chi connectivity index (χ1) is 8.70. The van der Waals surface area contributed by atoms with Crippen molar-refractivity contribution in [3.63, 3.8) is 0 Å². The van der Waals surface area contributed by atoms with Gasteiger partial charge >= 0.3 is 12.1 Å². The Morgan fingerprint density at radius 2 is 2.05 bits per heavy atom. The molecule has 0 aliphatic carbocycles. The maximum absolute atomic E-state index is 11.8. The van der Waals surface area contributed by atoms with Gasteiger partial charge in [0.15, 0.2) is 0 Å². The molecule has 0 aromatic heterocycles. The lowest BCUT2D eigenvalue weighted by molar-refractivity contribution is -0.144. The predicted octanol–water partition coefficient (Wildman–Crippen LogP) is 0.170. The topological polar surface area (TPSA) is 99.9 Å². The number of hydrogen-bond acceptors (Lipinski definition) is 6. The van der Waals surface area contributed by atoms with Crippen LogP contribution in [0.15, 0.2) is 0 Å². The second kappa shape index (κ2) is 5.75. The van der Waals surface area contributed by atoms with Gasteiger partial charge in [-0.2, -0.15) is 0 Å². The Morgan fingerprint density at radius 1 is 1.42 bits per heavy atom. The molecule has 0 bridgehead atoms. The van der Waals surface area contributed by atoms with Gasteiger partial charge in [-0.15, -0.1) is 0 Å². The van der Waals surface area contributed by atoms with Crippen LogP contribution in [0.1, 0.15) is 27.2 Å². The molecule has 1 rings (SSSR count). The minimum absolute atomic E-state index is 0.155. The molecule has 1 aliphatic rings. The van der Waals surface area contributed by atoms with Crippen LogP contribution in [0.3, 0.4) is 0 Å². The summed E-state index contributed by atoms with van der Waals surface area (Å²) in [6.07, 6.45) is -0.194. The van der Waals surface area contributed by atoms with E-state index in [0.29, 0.717) is 13.0 Å². The van der Waals surface area contributed by atoms with E-state index in [4.69, 9.17) is 15.2 Å². The second-order valence-corrected chi connectivity index (χ2v) is 5.59. The average molecular weight is 274 g/mol. The molecule has 0 radical (unpaired) electrons. The second-order valence-electron chi connectivity index (χ2n) is 5.59. The van der Waals surface area contributed by atoms with Gasteiger partial charge in [-0.1, -0.05) is 0 Å². The van der Waals surface area contributed by atoms with Gasteiger partial charge in [0.2, 0.25) is 0 Å². The molecule has 0 spiro atoms. The van der Waals surface area contributed by atoms with Crippen molar-refractivity contribution in [1.29, 1.82) is 0 Å². The lowest BCUT2D eigenvalue weighted by atomic mass is 9.90. The molecule has 1 saturated heterocycles. The molecule has 0 aromatic carbocycles. The van der Waals surface area contributed by atoms with Crippen molar-refractivity contribution in [2.45, 2.75) is 44.4 Å². The fourth-order valence-corrected chi connectivity index (χ4v) is 1.86. The van der Waals surface area contributed by atoms with Crippen LogP contribution >= 0.6 is 0 Å². The minimum atomic E-state index is -0.993. The summed E-state index contributed by atoms with van der Waals surface area (Å²) < 4.78 is 15.0. The van der Waals surface area contributed by atoms with Crippen molar-refractivity contribution >= 4 is 12.1 Å². The average Bonchev–Trinajstić information content (AvgIpc) is 2.73. The SMILES string of the molecule is COC(=O)C(N)C1(NC(=O)OC(C)(C)C)CCOC1. The molecule has 0 saturated carbocycles. The van der Waals surface area contributed by atoms with E-state index in [2.05, 4.69) is 10.1 Å². The van der Waals surface area contributed by atoms with E-state index in [0.717, 1.165) is 0 Å². The summed E-state index contributed by atoms with van der Waals surface area (Å²) in [6, 6.07) is -0.993. The van der Waals surface area contributed by atoms with Crippen LogP contribution in [0.2, 0.25) is 0 Å². The maximum atomic E-state index is 11.8. The summed E-state index contributed by atoms with van der Waals surface area (Å²) in [6.45, 7) is 5.84. The molecule has 7 nitrogen and oxygen atoms in total. The zero-order valence-corrected chi connectivity index (χ0v) is 11.8. The molecule has 19 heavy (non-hydrogen) atoms. The maximum Gasteiger partial charge on any atom is 0.408 e. The highest BCUT2D eigenvalue weighted by molar-refractivity contribution is 5.79. The number of rotatable bonds is 3.